The van der Waals surface area contributed by atoms with Gasteiger partial charge in [0.05, 0.1) is 24.8 Å². The first kappa shape index (κ1) is 22.0. The number of nitrogens with one attached hydrogen (secondary N) is 2. The highest BCUT2D eigenvalue weighted by Gasteiger charge is 2.17. The normalized spacial score (nSPS) is 10.6. The first-order chi connectivity index (χ1) is 16.0. The van der Waals surface area contributed by atoms with Crippen molar-refractivity contribution in [1.82, 2.24) is 14.8 Å². The van der Waals surface area contributed by atoms with E-state index in [4.69, 9.17) is 9.47 Å². The van der Waals surface area contributed by atoms with Gasteiger partial charge in [0.15, 0.2) is 5.13 Å². The summed E-state index contributed by atoms with van der Waals surface area (Å²) in [5, 5.41) is 5.41. The van der Waals surface area contributed by atoms with E-state index in [-0.39, 0.29) is 6.54 Å². The van der Waals surface area contributed by atoms with Crippen molar-refractivity contribution >= 4 is 22.4 Å². The Morgan fingerprint density at radius 3 is 2.15 bits per heavy atom. The molecule has 0 bridgehead atoms. The number of carbonyl (C=O) groups excluding carboxylic acids is 1. The quantitative estimate of drug-likeness (QED) is 0.435. The lowest BCUT2D eigenvalue weighted by Gasteiger charge is -2.05. The lowest BCUT2D eigenvalue weighted by molar-refractivity contribution is -0.117. The minimum absolute atomic E-state index is 0.343. The van der Waals surface area contributed by atoms with Gasteiger partial charge in [-0.15, -0.1) is 0 Å². The van der Waals surface area contributed by atoms with Crippen LogP contribution in [0.5, 0.6) is 11.5 Å². The number of ether oxygens (including phenoxy) is 2. The van der Waals surface area contributed by atoms with Gasteiger partial charge in [0.1, 0.15) is 18.0 Å². The van der Waals surface area contributed by atoms with Crippen LogP contribution in [0.4, 0.5) is 5.13 Å². The summed E-state index contributed by atoms with van der Waals surface area (Å²) >= 11 is 1.30. The summed E-state index contributed by atoms with van der Waals surface area (Å²) in [7, 11) is 3.20. The molecule has 0 radical (unpaired) electrons. The van der Waals surface area contributed by atoms with E-state index in [2.05, 4.69) is 15.4 Å². The predicted octanol–water partition coefficient (Wildman–Crippen LogP) is 2.98. The fourth-order valence-electron chi connectivity index (χ4n) is 3.14. The highest BCUT2D eigenvalue weighted by atomic mass is 32.1. The largest absolute Gasteiger partial charge is 0.497 e. The maximum atomic E-state index is 12.5. The Balaban J connectivity index is 1.67. The number of thiazole rings is 1. The van der Waals surface area contributed by atoms with Gasteiger partial charge in [-0.05, 0) is 54.1 Å². The summed E-state index contributed by atoms with van der Waals surface area (Å²) in [6, 6.07) is 17.2. The number of nitrogens with zero attached hydrogens (tertiary/aromatic N) is 2. The molecule has 0 fully saturated rings. The third-order valence-corrected chi connectivity index (χ3v) is 5.80. The molecule has 2 N–H and O–H groups in total. The minimum Gasteiger partial charge on any atom is -0.497 e. The van der Waals surface area contributed by atoms with Gasteiger partial charge < -0.3 is 14.8 Å². The van der Waals surface area contributed by atoms with Crippen molar-refractivity contribution in [2.24, 2.45) is 0 Å². The molecule has 4 aromatic rings. The maximum absolute atomic E-state index is 12.5. The number of anilines is 1. The number of amides is 1. The second-order valence-corrected chi connectivity index (χ2v) is 7.93. The SMILES string of the molecule is COc1ccc(-c2nc(NC(=O)Cn3[nH]c(=O)ccc3=O)sc2-c2ccc(OC)cc2)cc1. The number of hydrogen-bond donors (Lipinski definition) is 2. The summed E-state index contributed by atoms with van der Waals surface area (Å²) < 4.78 is 11.4. The summed E-state index contributed by atoms with van der Waals surface area (Å²) in [5.41, 5.74) is 1.49. The van der Waals surface area contributed by atoms with Gasteiger partial charge in [-0.1, -0.05) is 11.3 Å². The molecule has 2 aromatic heterocycles. The van der Waals surface area contributed by atoms with Gasteiger partial charge in [0, 0.05) is 17.7 Å². The molecule has 2 heterocycles. The number of aromatic amines is 1. The summed E-state index contributed by atoms with van der Waals surface area (Å²) in [6.45, 7) is -0.343. The smallest absolute Gasteiger partial charge is 0.265 e. The van der Waals surface area contributed by atoms with Gasteiger partial charge in [-0.3, -0.25) is 19.5 Å². The van der Waals surface area contributed by atoms with E-state index in [0.29, 0.717) is 10.8 Å². The van der Waals surface area contributed by atoms with Crippen molar-refractivity contribution in [2.45, 2.75) is 6.54 Å². The molecule has 4 rings (SSSR count). The van der Waals surface area contributed by atoms with Crippen molar-refractivity contribution in [3.63, 3.8) is 0 Å². The van der Waals surface area contributed by atoms with Crippen molar-refractivity contribution in [1.29, 1.82) is 0 Å². The Labute approximate surface area is 192 Å². The zero-order chi connectivity index (χ0) is 23.4. The number of carbonyl (C=O) groups is 1. The summed E-state index contributed by atoms with van der Waals surface area (Å²) in [6.07, 6.45) is 0. The fourth-order valence-corrected chi connectivity index (χ4v) is 4.15. The van der Waals surface area contributed by atoms with Crippen molar-refractivity contribution in [3.05, 3.63) is 81.4 Å². The standard InChI is InChI=1S/C23H20N4O5S/c1-31-16-7-3-14(4-8-16)21-22(15-5-9-17(32-2)10-6-15)33-23(25-21)24-19(29)13-27-20(30)12-11-18(28)26-27/h3-12H,13H2,1-2H3,(H,26,28)(H,24,25,29). The van der Waals surface area contributed by atoms with E-state index in [1.807, 2.05) is 48.5 Å². The highest BCUT2D eigenvalue weighted by Crippen LogP contribution is 2.40. The number of benzene rings is 2. The van der Waals surface area contributed by atoms with E-state index < -0.39 is 17.0 Å². The molecule has 0 saturated heterocycles. The minimum atomic E-state index is -0.490. The van der Waals surface area contributed by atoms with Crippen molar-refractivity contribution in [2.75, 3.05) is 19.5 Å². The fraction of sp³-hybridized carbons (Fsp3) is 0.130. The first-order valence-electron chi connectivity index (χ1n) is 9.86. The molecule has 1 amide bonds. The van der Waals surface area contributed by atoms with Crippen LogP contribution in [0.15, 0.2) is 70.3 Å². The van der Waals surface area contributed by atoms with Gasteiger partial charge in [0.25, 0.3) is 11.1 Å². The lowest BCUT2D eigenvalue weighted by Crippen LogP contribution is -2.32. The van der Waals surface area contributed by atoms with E-state index in [1.54, 1.807) is 14.2 Å². The van der Waals surface area contributed by atoms with Crippen LogP contribution in [0.2, 0.25) is 0 Å². The lowest BCUT2D eigenvalue weighted by atomic mass is 10.1. The monoisotopic (exact) mass is 464 g/mol. The molecule has 33 heavy (non-hydrogen) atoms. The number of methoxy groups -OCH3 is 2. The van der Waals surface area contributed by atoms with Gasteiger partial charge in [-0.2, -0.15) is 0 Å². The number of H-pyrrole nitrogens is 1. The van der Waals surface area contributed by atoms with Gasteiger partial charge >= 0.3 is 0 Å². The molecule has 0 aliphatic heterocycles. The van der Waals surface area contributed by atoms with E-state index >= 15 is 0 Å². The Kier molecular flexibility index (Phi) is 6.36. The van der Waals surface area contributed by atoms with Crippen LogP contribution >= 0.6 is 11.3 Å². The molecule has 0 aliphatic carbocycles. The molecule has 10 heteroatoms. The van der Waals surface area contributed by atoms with Gasteiger partial charge in [-0.25, -0.2) is 9.67 Å². The molecule has 0 atom stereocenters. The van der Waals surface area contributed by atoms with Crippen molar-refractivity contribution < 1.29 is 14.3 Å². The molecule has 0 spiro atoms. The van der Waals surface area contributed by atoms with Crippen LogP contribution < -0.4 is 25.9 Å². The van der Waals surface area contributed by atoms with Crippen LogP contribution in [0, 0.1) is 0 Å². The Hall–Kier alpha value is -4.18. The molecule has 0 aliphatic rings. The predicted molar refractivity (Wildman–Crippen MR) is 126 cm³/mol. The van der Waals surface area contributed by atoms with E-state index in [0.717, 1.165) is 44.3 Å². The number of aromatic nitrogens is 3. The molecule has 0 unspecified atom stereocenters. The second kappa shape index (κ2) is 9.53. The number of hydrogen-bond acceptors (Lipinski definition) is 7. The molecular formula is C23H20N4O5S. The molecule has 9 nitrogen and oxygen atoms in total. The van der Waals surface area contributed by atoms with E-state index in [9.17, 15) is 14.4 Å². The summed E-state index contributed by atoms with van der Waals surface area (Å²) in [4.78, 5) is 41.4. The van der Waals surface area contributed by atoms with Crippen molar-refractivity contribution in [3.8, 4) is 33.2 Å². The number of rotatable bonds is 7. The van der Waals surface area contributed by atoms with Crippen LogP contribution in [-0.4, -0.2) is 34.9 Å². The van der Waals surface area contributed by atoms with E-state index in [1.165, 1.54) is 11.3 Å². The van der Waals surface area contributed by atoms with Crippen LogP contribution in [-0.2, 0) is 11.3 Å². The third-order valence-electron chi connectivity index (χ3n) is 4.78. The van der Waals surface area contributed by atoms with Crippen LogP contribution in [0.3, 0.4) is 0 Å². The molecular weight excluding hydrogens is 444 g/mol. The zero-order valence-electron chi connectivity index (χ0n) is 17.8. The summed E-state index contributed by atoms with van der Waals surface area (Å²) in [5.74, 6) is 0.955. The van der Waals surface area contributed by atoms with Crippen LogP contribution in [0.1, 0.15) is 0 Å². The Morgan fingerprint density at radius 2 is 1.55 bits per heavy atom. The molecule has 0 saturated carbocycles. The van der Waals surface area contributed by atoms with Crippen LogP contribution in [0.25, 0.3) is 21.7 Å². The topological polar surface area (TPSA) is 115 Å². The highest BCUT2D eigenvalue weighted by molar-refractivity contribution is 7.19. The first-order valence-corrected chi connectivity index (χ1v) is 10.7. The maximum Gasteiger partial charge on any atom is 0.265 e. The molecule has 168 valence electrons. The zero-order valence-corrected chi connectivity index (χ0v) is 18.6. The average molecular weight is 465 g/mol. The molecule has 2 aromatic carbocycles. The third kappa shape index (κ3) is 5.01. The Morgan fingerprint density at radius 1 is 0.939 bits per heavy atom. The van der Waals surface area contributed by atoms with Gasteiger partial charge in [0.2, 0.25) is 5.91 Å². The average Bonchev–Trinajstić information content (AvgIpc) is 3.25. The second-order valence-electron chi connectivity index (χ2n) is 6.94. The Bertz CT molecular complexity index is 1320.